The number of rotatable bonds is 4. The van der Waals surface area contributed by atoms with E-state index in [1.807, 2.05) is 12.1 Å². The molecule has 0 bridgehead atoms. The second kappa shape index (κ2) is 10.1. The minimum absolute atomic E-state index is 0. The molecule has 0 saturated carbocycles. The Bertz CT molecular complexity index is 862. The molecule has 9 heteroatoms. The van der Waals surface area contributed by atoms with E-state index in [2.05, 4.69) is 46.4 Å². The van der Waals surface area contributed by atoms with Crippen LogP contribution in [0.4, 0.5) is 11.4 Å². The van der Waals surface area contributed by atoms with Gasteiger partial charge in [-0.1, -0.05) is 23.8 Å². The molecule has 0 fully saturated rings. The SMILES string of the molecule is CS(=O)(=O)O.Cc1ccc(N(CC2=NCCN2)c2cccc(O)c2)cc1.Cl. The first-order chi connectivity index (χ1) is 12.2. The molecule has 0 amide bonds. The summed E-state index contributed by atoms with van der Waals surface area (Å²) in [4.78, 5) is 6.62. The van der Waals surface area contributed by atoms with Crippen molar-refractivity contribution in [3.8, 4) is 5.75 Å². The van der Waals surface area contributed by atoms with E-state index < -0.39 is 10.1 Å². The lowest BCUT2D eigenvalue weighted by atomic mass is 10.2. The average molecular weight is 414 g/mol. The highest BCUT2D eigenvalue weighted by Gasteiger charge is 2.15. The third kappa shape index (κ3) is 8.29. The van der Waals surface area contributed by atoms with Gasteiger partial charge in [0.1, 0.15) is 11.6 Å². The monoisotopic (exact) mass is 413 g/mol. The second-order valence-electron chi connectivity index (χ2n) is 5.93. The summed E-state index contributed by atoms with van der Waals surface area (Å²) in [6.07, 6.45) is 0.715. The highest BCUT2D eigenvalue weighted by molar-refractivity contribution is 7.85. The number of hydrogen-bond acceptors (Lipinski definition) is 6. The first-order valence-corrected chi connectivity index (χ1v) is 9.90. The van der Waals surface area contributed by atoms with Crippen molar-refractivity contribution in [1.29, 1.82) is 0 Å². The van der Waals surface area contributed by atoms with Crippen LogP contribution in [0.5, 0.6) is 5.75 Å². The molecule has 0 unspecified atom stereocenters. The quantitative estimate of drug-likeness (QED) is 0.666. The molecular formula is C18H24ClN3O4S. The number of benzene rings is 2. The van der Waals surface area contributed by atoms with Gasteiger partial charge >= 0.3 is 0 Å². The summed E-state index contributed by atoms with van der Waals surface area (Å²) in [7, 11) is -3.67. The van der Waals surface area contributed by atoms with E-state index in [1.54, 1.807) is 12.1 Å². The zero-order chi connectivity index (χ0) is 19.2. The Hall–Kier alpha value is -2.29. The molecule has 0 saturated heterocycles. The van der Waals surface area contributed by atoms with Gasteiger partial charge in [0.25, 0.3) is 10.1 Å². The molecule has 3 N–H and O–H groups in total. The molecule has 0 atom stereocenters. The number of amidine groups is 1. The predicted octanol–water partition coefficient (Wildman–Crippen LogP) is 2.77. The van der Waals surface area contributed by atoms with Gasteiger partial charge in [-0.25, -0.2) is 0 Å². The summed E-state index contributed by atoms with van der Waals surface area (Å²) >= 11 is 0. The fourth-order valence-corrected chi connectivity index (χ4v) is 2.42. The molecule has 148 valence electrons. The highest BCUT2D eigenvalue weighted by atomic mass is 35.5. The van der Waals surface area contributed by atoms with Gasteiger partial charge in [-0.15, -0.1) is 12.4 Å². The van der Waals surface area contributed by atoms with Crippen LogP contribution >= 0.6 is 12.4 Å². The standard InChI is InChI=1S/C17H19N3O.CH4O3S.ClH/c1-13-5-7-14(8-6-13)20(12-17-18-9-10-19-17)15-3-2-4-16(21)11-15;1-5(2,3)4;/h2-8,11,21H,9-10,12H2,1H3,(H,18,19);1H3,(H,2,3,4);1H. The van der Waals surface area contributed by atoms with Crippen LogP contribution in [0.25, 0.3) is 0 Å². The molecule has 1 aliphatic rings. The summed E-state index contributed by atoms with van der Waals surface area (Å²) < 4.78 is 25.9. The summed E-state index contributed by atoms with van der Waals surface area (Å²) in [6, 6.07) is 15.7. The van der Waals surface area contributed by atoms with Crippen LogP contribution in [-0.2, 0) is 10.1 Å². The zero-order valence-electron chi connectivity index (χ0n) is 15.2. The second-order valence-corrected chi connectivity index (χ2v) is 7.40. The van der Waals surface area contributed by atoms with Crippen LogP contribution < -0.4 is 10.2 Å². The molecule has 7 nitrogen and oxygen atoms in total. The van der Waals surface area contributed by atoms with Gasteiger partial charge in [-0.3, -0.25) is 9.55 Å². The van der Waals surface area contributed by atoms with E-state index in [1.165, 1.54) is 5.56 Å². The topological polar surface area (TPSA) is 102 Å². The number of nitrogens with zero attached hydrogens (tertiary/aromatic N) is 2. The Morgan fingerprint density at radius 1 is 1.15 bits per heavy atom. The van der Waals surface area contributed by atoms with E-state index >= 15 is 0 Å². The summed E-state index contributed by atoms with van der Waals surface area (Å²) in [5.74, 6) is 1.25. The maximum atomic E-state index is 9.74. The number of phenolic OH excluding ortho intramolecular Hbond substituents is 1. The van der Waals surface area contributed by atoms with Crippen molar-refractivity contribution in [3.05, 3.63) is 54.1 Å². The number of halogens is 1. The van der Waals surface area contributed by atoms with Crippen LogP contribution in [0.2, 0.25) is 0 Å². The van der Waals surface area contributed by atoms with E-state index in [4.69, 9.17) is 4.55 Å². The van der Waals surface area contributed by atoms with Crippen molar-refractivity contribution in [1.82, 2.24) is 5.32 Å². The number of aliphatic imine (C=N–C) groups is 1. The lowest BCUT2D eigenvalue weighted by Crippen LogP contribution is -2.32. The van der Waals surface area contributed by atoms with Crippen molar-refractivity contribution in [2.75, 3.05) is 30.8 Å². The lowest BCUT2D eigenvalue weighted by molar-refractivity contribution is 0.475. The molecule has 0 spiro atoms. The predicted molar refractivity (Wildman–Crippen MR) is 111 cm³/mol. The number of aromatic hydroxyl groups is 1. The first-order valence-electron chi connectivity index (χ1n) is 8.05. The molecule has 2 aromatic rings. The van der Waals surface area contributed by atoms with Crippen LogP contribution in [0.15, 0.2) is 53.5 Å². The smallest absolute Gasteiger partial charge is 0.261 e. The number of hydrogen-bond donors (Lipinski definition) is 3. The lowest BCUT2D eigenvalue weighted by Gasteiger charge is -2.25. The third-order valence-electron chi connectivity index (χ3n) is 3.54. The molecule has 27 heavy (non-hydrogen) atoms. The van der Waals surface area contributed by atoms with E-state index in [0.29, 0.717) is 12.8 Å². The van der Waals surface area contributed by atoms with Gasteiger partial charge in [-0.2, -0.15) is 8.42 Å². The molecule has 0 aliphatic carbocycles. The Morgan fingerprint density at radius 3 is 2.30 bits per heavy atom. The zero-order valence-corrected chi connectivity index (χ0v) is 16.8. The third-order valence-corrected chi connectivity index (χ3v) is 3.54. The molecule has 0 aromatic heterocycles. The van der Waals surface area contributed by atoms with Gasteiger partial charge < -0.3 is 15.3 Å². The Kier molecular flexibility index (Phi) is 8.55. The van der Waals surface area contributed by atoms with Crippen molar-refractivity contribution in [3.63, 3.8) is 0 Å². The Labute approximate surface area is 165 Å². The first kappa shape index (κ1) is 22.8. The maximum absolute atomic E-state index is 9.74. The van der Waals surface area contributed by atoms with E-state index in [0.717, 1.165) is 30.3 Å². The summed E-state index contributed by atoms with van der Waals surface area (Å²) in [5, 5.41) is 13.0. The number of anilines is 2. The molecule has 3 rings (SSSR count). The largest absolute Gasteiger partial charge is 0.508 e. The van der Waals surface area contributed by atoms with Crippen LogP contribution in [0.3, 0.4) is 0 Å². The molecule has 1 heterocycles. The van der Waals surface area contributed by atoms with Crippen molar-refractivity contribution >= 4 is 39.7 Å². The van der Waals surface area contributed by atoms with Crippen molar-refractivity contribution < 1.29 is 18.1 Å². The summed E-state index contributed by atoms with van der Waals surface area (Å²) in [6.45, 7) is 4.48. The normalized spacial score (nSPS) is 12.8. The molecular weight excluding hydrogens is 390 g/mol. The van der Waals surface area contributed by atoms with Crippen LogP contribution in [-0.4, -0.2) is 49.8 Å². The average Bonchev–Trinajstić information content (AvgIpc) is 3.05. The minimum Gasteiger partial charge on any atom is -0.508 e. The maximum Gasteiger partial charge on any atom is 0.261 e. The number of phenols is 1. The number of aryl methyl sites for hydroxylation is 1. The van der Waals surface area contributed by atoms with Gasteiger partial charge in [0.15, 0.2) is 0 Å². The Balaban J connectivity index is 0.000000542. The van der Waals surface area contributed by atoms with Crippen molar-refractivity contribution in [2.24, 2.45) is 4.99 Å². The fourth-order valence-electron chi connectivity index (χ4n) is 2.42. The van der Waals surface area contributed by atoms with Crippen molar-refractivity contribution in [2.45, 2.75) is 6.92 Å². The Morgan fingerprint density at radius 2 is 1.78 bits per heavy atom. The van der Waals surface area contributed by atoms with E-state index in [-0.39, 0.29) is 18.2 Å². The van der Waals surface area contributed by atoms with Gasteiger partial charge in [0, 0.05) is 24.0 Å². The van der Waals surface area contributed by atoms with E-state index in [9.17, 15) is 13.5 Å². The minimum atomic E-state index is -3.67. The molecule has 1 aliphatic heterocycles. The highest BCUT2D eigenvalue weighted by Crippen LogP contribution is 2.28. The van der Waals surface area contributed by atoms with Crippen LogP contribution in [0.1, 0.15) is 5.56 Å². The molecule has 2 aromatic carbocycles. The van der Waals surface area contributed by atoms with Crippen LogP contribution in [0, 0.1) is 6.92 Å². The van der Waals surface area contributed by atoms with Gasteiger partial charge in [0.2, 0.25) is 0 Å². The van der Waals surface area contributed by atoms with Gasteiger partial charge in [0.05, 0.1) is 19.3 Å². The molecule has 0 radical (unpaired) electrons. The van der Waals surface area contributed by atoms with Gasteiger partial charge in [-0.05, 0) is 31.2 Å². The number of nitrogens with one attached hydrogen (secondary N) is 1. The summed E-state index contributed by atoms with van der Waals surface area (Å²) in [5.41, 5.74) is 3.27. The fraction of sp³-hybridized carbons (Fsp3) is 0.278.